The van der Waals surface area contributed by atoms with Crippen LogP contribution in [0.3, 0.4) is 0 Å². The molecule has 1 aliphatic heterocycles. The molecule has 21 heavy (non-hydrogen) atoms. The SMILES string of the molecule is C=CCOCC1(C(=O)O)CN(C(=O)OC(C)(C)C)CCO1. The topological polar surface area (TPSA) is 85.3 Å². The summed E-state index contributed by atoms with van der Waals surface area (Å²) in [6, 6.07) is 0. The van der Waals surface area contributed by atoms with E-state index in [4.69, 9.17) is 14.2 Å². The summed E-state index contributed by atoms with van der Waals surface area (Å²) in [6.45, 7) is 9.09. The van der Waals surface area contributed by atoms with Crippen LogP contribution < -0.4 is 0 Å². The van der Waals surface area contributed by atoms with E-state index in [-0.39, 0.29) is 32.9 Å². The summed E-state index contributed by atoms with van der Waals surface area (Å²) in [5.41, 5.74) is -2.21. The Bertz CT molecular complexity index is 403. The largest absolute Gasteiger partial charge is 0.479 e. The van der Waals surface area contributed by atoms with E-state index in [1.54, 1.807) is 20.8 Å². The summed E-state index contributed by atoms with van der Waals surface area (Å²) in [5.74, 6) is -1.17. The van der Waals surface area contributed by atoms with Crippen molar-refractivity contribution in [3.63, 3.8) is 0 Å². The lowest BCUT2D eigenvalue weighted by atomic mass is 10.0. The van der Waals surface area contributed by atoms with Crippen LogP contribution in [-0.2, 0) is 19.0 Å². The molecule has 7 heteroatoms. The standard InChI is InChI=1S/C14H23NO6/c1-5-7-19-10-14(11(16)17)9-15(6-8-20-14)12(18)21-13(2,3)4/h5H,1,6-10H2,2-4H3,(H,16,17). The lowest BCUT2D eigenvalue weighted by Crippen LogP contribution is -2.60. The highest BCUT2D eigenvalue weighted by atomic mass is 16.6. The van der Waals surface area contributed by atoms with E-state index < -0.39 is 23.3 Å². The second kappa shape index (κ2) is 6.91. The van der Waals surface area contributed by atoms with Crippen LogP contribution in [0, 0.1) is 0 Å². The molecule has 0 aliphatic carbocycles. The van der Waals surface area contributed by atoms with Crippen molar-refractivity contribution in [2.45, 2.75) is 32.0 Å². The first kappa shape index (κ1) is 17.5. The summed E-state index contributed by atoms with van der Waals surface area (Å²) in [6.07, 6.45) is 0.962. The molecule has 1 heterocycles. The molecule has 120 valence electrons. The highest BCUT2D eigenvalue weighted by molar-refractivity contribution is 5.79. The van der Waals surface area contributed by atoms with Gasteiger partial charge in [0.2, 0.25) is 5.60 Å². The number of carbonyl (C=O) groups is 2. The Morgan fingerprint density at radius 3 is 2.67 bits per heavy atom. The summed E-state index contributed by atoms with van der Waals surface area (Å²) < 4.78 is 15.8. The molecule has 0 spiro atoms. The third kappa shape index (κ3) is 5.02. The van der Waals surface area contributed by atoms with Crippen LogP contribution in [0.5, 0.6) is 0 Å². The molecule has 0 saturated carbocycles. The van der Waals surface area contributed by atoms with E-state index in [0.29, 0.717) is 0 Å². The van der Waals surface area contributed by atoms with Crippen molar-refractivity contribution < 1.29 is 28.9 Å². The molecule has 1 amide bonds. The molecule has 1 N–H and O–H groups in total. The minimum Gasteiger partial charge on any atom is -0.479 e. The van der Waals surface area contributed by atoms with Crippen LogP contribution in [0.1, 0.15) is 20.8 Å². The summed E-state index contributed by atoms with van der Waals surface area (Å²) in [4.78, 5) is 24.9. The molecule has 0 aromatic heterocycles. The Balaban J connectivity index is 2.76. The molecule has 0 radical (unpaired) electrons. The molecular formula is C14H23NO6. The Labute approximate surface area is 124 Å². The summed E-state index contributed by atoms with van der Waals surface area (Å²) in [5, 5.41) is 9.41. The molecule has 1 aliphatic rings. The van der Waals surface area contributed by atoms with Gasteiger partial charge in [0, 0.05) is 6.54 Å². The van der Waals surface area contributed by atoms with E-state index in [2.05, 4.69) is 6.58 Å². The summed E-state index contributed by atoms with van der Waals surface area (Å²) in [7, 11) is 0. The van der Waals surface area contributed by atoms with Gasteiger partial charge in [-0.2, -0.15) is 0 Å². The van der Waals surface area contributed by atoms with Gasteiger partial charge in [-0.3, -0.25) is 0 Å². The molecule has 0 aromatic carbocycles. The third-order valence-electron chi connectivity index (χ3n) is 2.80. The lowest BCUT2D eigenvalue weighted by molar-refractivity contribution is -0.186. The van der Waals surface area contributed by atoms with Crippen LogP contribution in [0.15, 0.2) is 12.7 Å². The van der Waals surface area contributed by atoms with Crippen LogP contribution >= 0.6 is 0 Å². The molecule has 0 aromatic rings. The van der Waals surface area contributed by atoms with Gasteiger partial charge in [-0.15, -0.1) is 6.58 Å². The van der Waals surface area contributed by atoms with Gasteiger partial charge < -0.3 is 24.2 Å². The highest BCUT2D eigenvalue weighted by Crippen LogP contribution is 2.21. The Kier molecular flexibility index (Phi) is 5.74. The van der Waals surface area contributed by atoms with Gasteiger partial charge in [0.1, 0.15) is 5.60 Å². The maximum absolute atomic E-state index is 12.1. The average Bonchev–Trinajstić information content (AvgIpc) is 2.37. The minimum atomic E-state index is -1.57. The lowest BCUT2D eigenvalue weighted by Gasteiger charge is -2.39. The first-order valence-electron chi connectivity index (χ1n) is 6.74. The monoisotopic (exact) mass is 301 g/mol. The fourth-order valence-corrected chi connectivity index (χ4v) is 1.85. The second-order valence-corrected chi connectivity index (χ2v) is 5.85. The van der Waals surface area contributed by atoms with E-state index >= 15 is 0 Å². The predicted octanol–water partition coefficient (Wildman–Crippen LogP) is 1.28. The van der Waals surface area contributed by atoms with E-state index in [1.165, 1.54) is 11.0 Å². The number of hydrogen-bond donors (Lipinski definition) is 1. The number of amides is 1. The van der Waals surface area contributed by atoms with Gasteiger partial charge in [0.15, 0.2) is 0 Å². The maximum atomic E-state index is 12.1. The van der Waals surface area contributed by atoms with Crippen molar-refractivity contribution in [3.8, 4) is 0 Å². The highest BCUT2D eigenvalue weighted by Gasteiger charge is 2.46. The van der Waals surface area contributed by atoms with Crippen molar-refractivity contribution >= 4 is 12.1 Å². The molecule has 0 bridgehead atoms. The van der Waals surface area contributed by atoms with Gasteiger partial charge in [-0.25, -0.2) is 9.59 Å². The van der Waals surface area contributed by atoms with Crippen LogP contribution in [0.25, 0.3) is 0 Å². The van der Waals surface area contributed by atoms with Crippen molar-refractivity contribution in [2.24, 2.45) is 0 Å². The quantitative estimate of drug-likeness (QED) is 0.608. The number of aliphatic carboxylic acids is 1. The molecular weight excluding hydrogens is 278 g/mol. The normalized spacial score (nSPS) is 22.7. The fraction of sp³-hybridized carbons (Fsp3) is 0.714. The Hall–Kier alpha value is -1.60. The molecule has 1 fully saturated rings. The van der Waals surface area contributed by atoms with Crippen molar-refractivity contribution in [3.05, 3.63) is 12.7 Å². The van der Waals surface area contributed by atoms with Crippen molar-refractivity contribution in [2.75, 3.05) is 32.9 Å². The average molecular weight is 301 g/mol. The third-order valence-corrected chi connectivity index (χ3v) is 2.80. The number of morpholine rings is 1. The van der Waals surface area contributed by atoms with Crippen LogP contribution in [-0.4, -0.2) is 66.2 Å². The molecule has 7 nitrogen and oxygen atoms in total. The number of hydrogen-bond acceptors (Lipinski definition) is 5. The number of nitrogens with zero attached hydrogens (tertiary/aromatic N) is 1. The molecule has 1 atom stereocenters. The molecule has 1 unspecified atom stereocenters. The number of ether oxygens (including phenoxy) is 3. The predicted molar refractivity (Wildman–Crippen MR) is 75.1 cm³/mol. The van der Waals surface area contributed by atoms with Gasteiger partial charge >= 0.3 is 12.1 Å². The first-order chi connectivity index (χ1) is 9.70. The van der Waals surface area contributed by atoms with Gasteiger partial charge in [-0.05, 0) is 20.8 Å². The zero-order chi connectivity index (χ0) is 16.1. The van der Waals surface area contributed by atoms with Crippen LogP contribution in [0.4, 0.5) is 4.79 Å². The van der Waals surface area contributed by atoms with E-state index in [0.717, 1.165) is 0 Å². The van der Waals surface area contributed by atoms with Gasteiger partial charge in [0.25, 0.3) is 0 Å². The maximum Gasteiger partial charge on any atom is 0.410 e. The van der Waals surface area contributed by atoms with Gasteiger partial charge in [-0.1, -0.05) is 6.08 Å². The smallest absolute Gasteiger partial charge is 0.410 e. The number of carboxylic acid groups (broad SMARTS) is 1. The second-order valence-electron chi connectivity index (χ2n) is 5.85. The zero-order valence-corrected chi connectivity index (χ0v) is 12.8. The number of carboxylic acids is 1. The van der Waals surface area contributed by atoms with Gasteiger partial charge in [0.05, 0.1) is 26.4 Å². The first-order valence-corrected chi connectivity index (χ1v) is 6.74. The number of rotatable bonds is 5. The van der Waals surface area contributed by atoms with Crippen molar-refractivity contribution in [1.82, 2.24) is 4.90 Å². The Morgan fingerprint density at radius 2 is 2.14 bits per heavy atom. The zero-order valence-electron chi connectivity index (χ0n) is 12.8. The molecule has 1 rings (SSSR count). The minimum absolute atomic E-state index is 0.114. The molecule has 1 saturated heterocycles. The summed E-state index contributed by atoms with van der Waals surface area (Å²) >= 11 is 0. The van der Waals surface area contributed by atoms with E-state index in [9.17, 15) is 14.7 Å². The Morgan fingerprint density at radius 1 is 1.48 bits per heavy atom. The van der Waals surface area contributed by atoms with Crippen LogP contribution in [0.2, 0.25) is 0 Å². The fourth-order valence-electron chi connectivity index (χ4n) is 1.85. The van der Waals surface area contributed by atoms with E-state index in [1.807, 2.05) is 0 Å². The number of carbonyl (C=O) groups excluding carboxylic acids is 1. The van der Waals surface area contributed by atoms with Crippen molar-refractivity contribution in [1.29, 1.82) is 0 Å².